The van der Waals surface area contributed by atoms with Gasteiger partial charge in [-0.2, -0.15) is 0 Å². The Hall–Kier alpha value is 2.25. The van der Waals surface area contributed by atoms with E-state index >= 15 is 0 Å². The Kier molecular flexibility index (Phi) is 10.8. The summed E-state index contributed by atoms with van der Waals surface area (Å²) in [5.74, 6) is 0. The molecule has 0 spiro atoms. The van der Waals surface area contributed by atoms with Crippen LogP contribution in [0, 0.1) is 4.79 Å². The van der Waals surface area contributed by atoms with Gasteiger partial charge in [-0.3, -0.25) is 0 Å². The molecule has 0 N–H and O–H groups in total. The molecule has 0 saturated heterocycles. The van der Waals surface area contributed by atoms with Gasteiger partial charge in [0, 0.05) is 13.2 Å². The van der Waals surface area contributed by atoms with Crippen molar-refractivity contribution in [2.24, 2.45) is 0 Å². The fourth-order valence-corrected chi connectivity index (χ4v) is 30.6. The number of ether oxygens (including phenoxy) is 1. The Morgan fingerprint density at radius 1 is 0.833 bits per heavy atom. The van der Waals surface area contributed by atoms with Gasteiger partial charge in [-0.1, -0.05) is 66.5 Å². The van der Waals surface area contributed by atoms with E-state index in [4.69, 9.17) is 4.74 Å². The second-order valence-corrected chi connectivity index (χ2v) is 24.0. The molecule has 0 aliphatic carbocycles. The van der Waals surface area contributed by atoms with Gasteiger partial charge < -0.3 is 9.52 Å². The fourth-order valence-electron chi connectivity index (χ4n) is 3.75. The molecule has 0 atom stereocenters. The van der Waals surface area contributed by atoms with Crippen LogP contribution in [-0.2, 0) is 4.74 Å². The molecule has 0 aliphatic rings. The van der Waals surface area contributed by atoms with Gasteiger partial charge in [-0.05, 0) is 6.92 Å². The van der Waals surface area contributed by atoms with E-state index in [0.717, 1.165) is 13.2 Å². The molecule has 0 aliphatic heterocycles. The van der Waals surface area contributed by atoms with Crippen LogP contribution in [0.2, 0.25) is 58.4 Å². The van der Waals surface area contributed by atoms with Crippen LogP contribution < -0.4 is 51.4 Å². The first-order chi connectivity index (χ1) is 7.43. The molecule has 0 rings (SSSR count). The van der Waals surface area contributed by atoms with Crippen LogP contribution in [-0.4, -0.2) is 37.4 Å². The van der Waals surface area contributed by atoms with Gasteiger partial charge in [-0.25, -0.2) is 0 Å². The third-order valence-corrected chi connectivity index (χ3v) is 22.1. The summed E-state index contributed by atoms with van der Waals surface area (Å²) in [6.07, 6.45) is 0. The summed E-state index contributed by atoms with van der Waals surface area (Å²) in [5, 5.41) is 0. The first kappa shape index (κ1) is 22.5. The Morgan fingerprint density at radius 2 is 1.22 bits per heavy atom. The summed E-state index contributed by atoms with van der Waals surface area (Å²) in [4.78, 5) is 2.05. The first-order valence-corrected chi connectivity index (χ1v) is 17.1. The van der Waals surface area contributed by atoms with Gasteiger partial charge >= 0.3 is 51.4 Å². The van der Waals surface area contributed by atoms with Crippen LogP contribution in [0.3, 0.4) is 0 Å². The Balaban J connectivity index is 0. The second kappa shape index (κ2) is 8.63. The van der Waals surface area contributed by atoms with Crippen LogP contribution in [0.1, 0.15) is 6.92 Å². The Morgan fingerprint density at radius 3 is 1.50 bits per heavy atom. The smallest absolute Gasteiger partial charge is 0.382 e. The maximum atomic E-state index is 5.60. The van der Waals surface area contributed by atoms with Gasteiger partial charge in [0.1, 0.15) is 0 Å². The predicted octanol–water partition coefficient (Wildman–Crippen LogP) is 1.60. The summed E-state index contributed by atoms with van der Waals surface area (Å²) < 4.78 is 5.60. The minimum absolute atomic E-state index is 0. The second-order valence-electron chi connectivity index (χ2n) is 7.71. The van der Waals surface area contributed by atoms with Gasteiger partial charge in [-0.15, -0.1) is 16.1 Å². The minimum atomic E-state index is -1.23. The fraction of sp³-hybridized carbons (Fsp3) is 0.923. The molecule has 104 valence electrons. The summed E-state index contributed by atoms with van der Waals surface area (Å²) in [6.45, 7) is 24.3. The van der Waals surface area contributed by atoms with E-state index in [2.05, 4.69) is 64.1 Å². The number of rotatable bonds is 7. The zero-order valence-electron chi connectivity index (χ0n) is 14.5. The van der Waals surface area contributed by atoms with Crippen molar-refractivity contribution in [3.8, 4) is 0 Å². The standard InChI is InChI=1S/C13H33OSi3.K/c1-10-14-11-12-17(8,9)13(15(2,3)4)16(5,6)7;/h10-12H2,1-9H3;/q-1;+1. The molecule has 0 radical (unpaired) electrons. The number of hydrogen-bond donors (Lipinski definition) is 0. The maximum absolute atomic E-state index is 5.60. The minimum Gasteiger partial charge on any atom is -0.382 e. The van der Waals surface area contributed by atoms with Crippen molar-refractivity contribution in [3.05, 3.63) is 4.79 Å². The van der Waals surface area contributed by atoms with Gasteiger partial charge in [0.2, 0.25) is 0 Å². The molecule has 0 saturated carbocycles. The Bertz CT molecular complexity index is 217. The van der Waals surface area contributed by atoms with E-state index in [0.29, 0.717) is 0 Å². The third kappa shape index (κ3) is 7.88. The van der Waals surface area contributed by atoms with E-state index in [1.807, 2.05) is 0 Å². The number of hydrogen-bond acceptors (Lipinski definition) is 1. The van der Waals surface area contributed by atoms with Crippen molar-refractivity contribution in [1.82, 2.24) is 0 Å². The summed E-state index contributed by atoms with van der Waals surface area (Å²) in [7, 11) is -3.49. The van der Waals surface area contributed by atoms with Crippen LogP contribution >= 0.6 is 0 Å². The van der Waals surface area contributed by atoms with Crippen LogP contribution in [0.4, 0.5) is 0 Å². The summed E-state index contributed by atoms with van der Waals surface area (Å²) >= 11 is 0. The molecule has 0 unspecified atom stereocenters. The van der Waals surface area contributed by atoms with Gasteiger partial charge in [0.15, 0.2) is 0 Å². The SMILES string of the molecule is CCOCC[Si](C)(C)[C-]([Si](C)(C)C)[Si](C)(C)C.[K+]. The van der Waals surface area contributed by atoms with Crippen molar-refractivity contribution >= 4 is 24.2 Å². The van der Waals surface area contributed by atoms with E-state index in [1.165, 1.54) is 6.04 Å². The van der Waals surface area contributed by atoms with Gasteiger partial charge in [0.25, 0.3) is 0 Å². The van der Waals surface area contributed by atoms with Crippen molar-refractivity contribution in [2.75, 3.05) is 13.2 Å². The average Bonchev–Trinajstić information content (AvgIpc) is 1.96. The molecule has 0 aromatic carbocycles. The quantitative estimate of drug-likeness (QED) is 0.392. The van der Waals surface area contributed by atoms with Gasteiger partial charge in [0.05, 0.1) is 0 Å². The topological polar surface area (TPSA) is 9.23 Å². The van der Waals surface area contributed by atoms with Crippen LogP contribution in [0.5, 0.6) is 0 Å². The largest absolute Gasteiger partial charge is 1.00 e. The molecule has 0 bridgehead atoms. The van der Waals surface area contributed by atoms with E-state index in [1.54, 1.807) is 0 Å². The molecule has 0 fully saturated rings. The molecule has 18 heavy (non-hydrogen) atoms. The molecule has 5 heteroatoms. The zero-order valence-corrected chi connectivity index (χ0v) is 20.7. The van der Waals surface area contributed by atoms with Crippen molar-refractivity contribution in [3.63, 3.8) is 0 Å². The molecule has 0 heterocycles. The van der Waals surface area contributed by atoms with Crippen molar-refractivity contribution in [1.29, 1.82) is 0 Å². The molecule has 1 nitrogen and oxygen atoms in total. The molecular formula is C13H33KOSi3. The monoisotopic (exact) mass is 328 g/mol. The zero-order chi connectivity index (χ0) is 13.9. The van der Waals surface area contributed by atoms with Crippen LogP contribution in [0.25, 0.3) is 0 Å². The summed E-state index contributed by atoms with van der Waals surface area (Å²) in [5.41, 5.74) is 0. The van der Waals surface area contributed by atoms with E-state index in [-0.39, 0.29) is 51.4 Å². The average molecular weight is 329 g/mol. The van der Waals surface area contributed by atoms with Crippen LogP contribution in [0.15, 0.2) is 0 Å². The van der Waals surface area contributed by atoms with E-state index < -0.39 is 24.2 Å². The predicted molar refractivity (Wildman–Crippen MR) is 88.7 cm³/mol. The normalized spacial score (nSPS) is 13.7. The molecule has 0 aromatic heterocycles. The Labute approximate surface area is 161 Å². The van der Waals surface area contributed by atoms with Crippen molar-refractivity contribution in [2.45, 2.75) is 65.3 Å². The third-order valence-electron chi connectivity index (χ3n) is 3.25. The van der Waals surface area contributed by atoms with Crippen molar-refractivity contribution < 1.29 is 56.1 Å². The molecular weight excluding hydrogens is 295 g/mol. The maximum Gasteiger partial charge on any atom is 1.00 e. The summed E-state index contributed by atoms with van der Waals surface area (Å²) in [6, 6.07) is 1.31. The van der Waals surface area contributed by atoms with E-state index in [9.17, 15) is 0 Å². The molecule has 0 aromatic rings. The first-order valence-electron chi connectivity index (χ1n) is 6.89. The molecule has 0 amide bonds.